The maximum Gasteiger partial charge on any atom is 0.410 e. The third kappa shape index (κ3) is 5.43. The molecule has 1 amide bonds. The number of aliphatic carboxylic acids is 1. The number of hydrogen-bond acceptors (Lipinski definition) is 4. The molecule has 128 valence electrons. The van der Waals surface area contributed by atoms with E-state index < -0.39 is 29.5 Å². The van der Waals surface area contributed by atoms with Crippen LogP contribution < -0.4 is 4.74 Å². The van der Waals surface area contributed by atoms with Gasteiger partial charge in [-0.3, -0.25) is 4.90 Å². The van der Waals surface area contributed by atoms with Crippen molar-refractivity contribution in [2.45, 2.75) is 38.8 Å². The summed E-state index contributed by atoms with van der Waals surface area (Å²) in [5.41, 5.74) is -0.299. The van der Waals surface area contributed by atoms with E-state index in [-0.39, 0.29) is 12.2 Å². The number of benzene rings is 1. The third-order valence-electron chi connectivity index (χ3n) is 3.08. The molecule has 1 aromatic carbocycles. The highest BCUT2D eigenvalue weighted by Crippen LogP contribution is 2.20. The van der Waals surface area contributed by atoms with Crippen molar-refractivity contribution in [2.75, 3.05) is 14.2 Å². The van der Waals surface area contributed by atoms with Crippen LogP contribution in [0.25, 0.3) is 0 Å². The maximum absolute atomic E-state index is 13.7. The Labute approximate surface area is 134 Å². The quantitative estimate of drug-likeness (QED) is 0.900. The van der Waals surface area contributed by atoms with E-state index in [0.29, 0.717) is 5.56 Å². The van der Waals surface area contributed by atoms with Crippen LogP contribution in [0.15, 0.2) is 18.2 Å². The number of ether oxygens (including phenoxy) is 2. The van der Waals surface area contributed by atoms with Gasteiger partial charge in [0.15, 0.2) is 11.6 Å². The summed E-state index contributed by atoms with van der Waals surface area (Å²) in [7, 11) is 2.68. The summed E-state index contributed by atoms with van der Waals surface area (Å²) >= 11 is 0. The molecule has 1 rings (SSSR count). The molecule has 0 bridgehead atoms. The monoisotopic (exact) mass is 327 g/mol. The zero-order valence-corrected chi connectivity index (χ0v) is 13.9. The van der Waals surface area contributed by atoms with E-state index in [1.165, 1.54) is 26.3 Å². The van der Waals surface area contributed by atoms with Gasteiger partial charge in [-0.2, -0.15) is 0 Å². The van der Waals surface area contributed by atoms with Crippen LogP contribution >= 0.6 is 0 Å². The first-order valence-corrected chi connectivity index (χ1v) is 7.06. The number of carboxylic acids is 1. The number of nitrogens with zero attached hydrogens (tertiary/aromatic N) is 1. The SMILES string of the molecule is COc1ccc(C[C@@H](C(=O)O)N(C)C(=O)OC(C)(C)C)cc1F. The van der Waals surface area contributed by atoms with Crippen molar-refractivity contribution in [3.8, 4) is 5.75 Å². The summed E-state index contributed by atoms with van der Waals surface area (Å²) in [6.07, 6.45) is -0.801. The Kier molecular flexibility index (Phi) is 5.95. The number of hydrogen-bond donors (Lipinski definition) is 1. The molecule has 0 unspecified atom stereocenters. The molecular formula is C16H22FNO5. The van der Waals surface area contributed by atoms with Gasteiger partial charge in [0, 0.05) is 13.5 Å². The van der Waals surface area contributed by atoms with E-state index in [0.717, 1.165) is 4.90 Å². The topological polar surface area (TPSA) is 76.1 Å². The Morgan fingerprint density at radius 1 is 1.35 bits per heavy atom. The first-order valence-electron chi connectivity index (χ1n) is 7.06. The first kappa shape index (κ1) is 18.7. The molecule has 0 heterocycles. The van der Waals surface area contributed by atoms with Gasteiger partial charge in [-0.15, -0.1) is 0 Å². The van der Waals surface area contributed by atoms with Gasteiger partial charge in [0.1, 0.15) is 11.6 Å². The summed E-state index contributed by atoms with van der Waals surface area (Å²) in [6.45, 7) is 5.06. The molecule has 0 saturated carbocycles. The first-order chi connectivity index (χ1) is 10.5. The lowest BCUT2D eigenvalue weighted by atomic mass is 10.0. The highest BCUT2D eigenvalue weighted by atomic mass is 19.1. The van der Waals surface area contributed by atoms with Crippen molar-refractivity contribution in [1.29, 1.82) is 0 Å². The summed E-state index contributed by atoms with van der Waals surface area (Å²) in [5, 5.41) is 9.35. The number of carbonyl (C=O) groups excluding carboxylic acids is 1. The third-order valence-corrected chi connectivity index (χ3v) is 3.08. The highest BCUT2D eigenvalue weighted by molar-refractivity contribution is 5.80. The molecule has 0 aliphatic heterocycles. The van der Waals surface area contributed by atoms with E-state index >= 15 is 0 Å². The van der Waals surface area contributed by atoms with Crippen LogP contribution in [0.3, 0.4) is 0 Å². The van der Waals surface area contributed by atoms with Gasteiger partial charge >= 0.3 is 12.1 Å². The zero-order chi connectivity index (χ0) is 17.8. The van der Waals surface area contributed by atoms with Crippen molar-refractivity contribution >= 4 is 12.1 Å². The smallest absolute Gasteiger partial charge is 0.410 e. The molecule has 0 saturated heterocycles. The number of amides is 1. The van der Waals surface area contributed by atoms with Crippen LogP contribution in [0, 0.1) is 5.82 Å². The van der Waals surface area contributed by atoms with E-state index in [1.54, 1.807) is 26.8 Å². The molecule has 0 aliphatic carbocycles. The Hall–Kier alpha value is -2.31. The van der Waals surface area contributed by atoms with Crippen LogP contribution in [0.1, 0.15) is 26.3 Å². The van der Waals surface area contributed by atoms with Gasteiger partial charge in [-0.05, 0) is 38.5 Å². The fraction of sp³-hybridized carbons (Fsp3) is 0.500. The molecule has 0 radical (unpaired) electrons. The predicted molar refractivity (Wildman–Crippen MR) is 82.1 cm³/mol. The second-order valence-electron chi connectivity index (χ2n) is 6.12. The lowest BCUT2D eigenvalue weighted by molar-refractivity contribution is -0.142. The van der Waals surface area contributed by atoms with Crippen molar-refractivity contribution in [3.05, 3.63) is 29.6 Å². The molecule has 1 N–H and O–H groups in total. The summed E-state index contributed by atoms with van der Waals surface area (Å²) < 4.78 is 23.7. The van der Waals surface area contributed by atoms with E-state index in [4.69, 9.17) is 9.47 Å². The molecule has 6 nitrogen and oxygen atoms in total. The van der Waals surface area contributed by atoms with Crippen LogP contribution in [0.2, 0.25) is 0 Å². The lowest BCUT2D eigenvalue weighted by Crippen LogP contribution is -2.46. The Bertz CT molecular complexity index is 582. The van der Waals surface area contributed by atoms with Gasteiger partial charge in [0.25, 0.3) is 0 Å². The minimum absolute atomic E-state index is 0.0496. The number of methoxy groups -OCH3 is 1. The summed E-state index contributed by atoms with van der Waals surface area (Å²) in [6, 6.07) is 2.99. The van der Waals surface area contributed by atoms with Gasteiger partial charge < -0.3 is 14.6 Å². The largest absolute Gasteiger partial charge is 0.494 e. The molecule has 1 aromatic rings. The second-order valence-corrected chi connectivity index (χ2v) is 6.12. The van der Waals surface area contributed by atoms with E-state index in [2.05, 4.69) is 0 Å². The van der Waals surface area contributed by atoms with E-state index in [9.17, 15) is 19.1 Å². The molecule has 1 atom stereocenters. The maximum atomic E-state index is 13.7. The van der Waals surface area contributed by atoms with Crippen LogP contribution in [0.5, 0.6) is 5.75 Å². The van der Waals surface area contributed by atoms with Gasteiger partial charge in [0.2, 0.25) is 0 Å². The van der Waals surface area contributed by atoms with Gasteiger partial charge in [0.05, 0.1) is 7.11 Å². The van der Waals surface area contributed by atoms with Crippen molar-refractivity contribution < 1.29 is 28.6 Å². The Morgan fingerprint density at radius 3 is 2.39 bits per heavy atom. The number of likely N-dealkylation sites (N-methyl/N-ethyl adjacent to an activating group) is 1. The number of rotatable bonds is 5. The highest BCUT2D eigenvalue weighted by Gasteiger charge is 2.30. The molecule has 23 heavy (non-hydrogen) atoms. The summed E-state index contributed by atoms with van der Waals surface area (Å²) in [4.78, 5) is 24.5. The van der Waals surface area contributed by atoms with Crippen LogP contribution in [-0.2, 0) is 16.0 Å². The minimum Gasteiger partial charge on any atom is -0.494 e. The molecule has 0 spiro atoms. The minimum atomic E-state index is -1.20. The number of halogens is 1. The van der Waals surface area contributed by atoms with Crippen LogP contribution in [0.4, 0.5) is 9.18 Å². The fourth-order valence-electron chi connectivity index (χ4n) is 1.91. The Morgan fingerprint density at radius 2 is 1.96 bits per heavy atom. The fourth-order valence-corrected chi connectivity index (χ4v) is 1.91. The number of carboxylic acid groups (broad SMARTS) is 1. The average molecular weight is 327 g/mol. The molecule has 0 aliphatic rings. The summed E-state index contributed by atoms with van der Waals surface area (Å²) in [5.74, 6) is -1.72. The van der Waals surface area contributed by atoms with Crippen molar-refractivity contribution in [2.24, 2.45) is 0 Å². The zero-order valence-electron chi connectivity index (χ0n) is 13.9. The van der Waals surface area contributed by atoms with Crippen molar-refractivity contribution in [3.63, 3.8) is 0 Å². The molecule has 0 aromatic heterocycles. The normalized spacial score (nSPS) is 12.4. The average Bonchev–Trinajstić information content (AvgIpc) is 2.42. The standard InChI is InChI=1S/C16H22FNO5/c1-16(2,3)23-15(21)18(4)12(14(19)20)9-10-6-7-13(22-5)11(17)8-10/h6-8,12H,9H2,1-5H3,(H,19,20)/t12-/m0/s1. The van der Waals surface area contributed by atoms with E-state index in [1.807, 2.05) is 0 Å². The van der Waals surface area contributed by atoms with Crippen LogP contribution in [-0.4, -0.2) is 47.9 Å². The predicted octanol–water partition coefficient (Wildman–Crippen LogP) is 2.70. The number of carbonyl (C=O) groups is 2. The molecule has 7 heteroatoms. The van der Waals surface area contributed by atoms with Gasteiger partial charge in [-0.1, -0.05) is 6.07 Å². The molecule has 0 fully saturated rings. The van der Waals surface area contributed by atoms with Crippen molar-refractivity contribution in [1.82, 2.24) is 4.90 Å². The van der Waals surface area contributed by atoms with Gasteiger partial charge in [-0.25, -0.2) is 14.0 Å². The molecular weight excluding hydrogens is 305 g/mol. The Balaban J connectivity index is 2.93. The lowest BCUT2D eigenvalue weighted by Gasteiger charge is -2.28. The second kappa shape index (κ2) is 7.30.